The number of hydrogen-bond donors (Lipinski definition) is 1. The van der Waals surface area contributed by atoms with Crippen LogP contribution in [0.4, 0.5) is 4.39 Å². The molecule has 0 aliphatic carbocycles. The molecule has 0 radical (unpaired) electrons. The second kappa shape index (κ2) is 4.88. The van der Waals surface area contributed by atoms with Gasteiger partial charge in [0.2, 0.25) is 0 Å². The molecular weight excluding hydrogens is 255 g/mol. The van der Waals surface area contributed by atoms with Crippen LogP contribution < -0.4 is 0 Å². The molecule has 0 heterocycles. The van der Waals surface area contributed by atoms with E-state index in [1.807, 2.05) is 30.3 Å². The van der Waals surface area contributed by atoms with Crippen molar-refractivity contribution in [2.75, 3.05) is 0 Å². The summed E-state index contributed by atoms with van der Waals surface area (Å²) in [6, 6.07) is 15.3. The molecule has 0 bridgehead atoms. The fourth-order valence-corrected chi connectivity index (χ4v) is 2.13. The van der Waals surface area contributed by atoms with Gasteiger partial charge in [0.1, 0.15) is 0 Å². The zero-order valence-electron chi connectivity index (χ0n) is 9.32. The Hall–Kier alpha value is -1.72. The Morgan fingerprint density at radius 3 is 1.89 bits per heavy atom. The third kappa shape index (κ3) is 2.75. The second-order valence-corrected chi connectivity index (χ2v) is 5.26. The predicted octanol–water partition coefficient (Wildman–Crippen LogP) is 3.21. The van der Waals surface area contributed by atoms with Gasteiger partial charge in [-0.15, -0.1) is 0 Å². The summed E-state index contributed by atoms with van der Waals surface area (Å²) in [6.45, 7) is 0. The molecule has 1 atom stereocenters. The molecule has 5 heteroatoms. The van der Waals surface area contributed by atoms with Crippen molar-refractivity contribution in [3.05, 3.63) is 60.2 Å². The van der Waals surface area contributed by atoms with E-state index >= 15 is 0 Å². The highest BCUT2D eigenvalue weighted by Crippen LogP contribution is 2.26. The zero-order chi connectivity index (χ0) is 13.2. The summed E-state index contributed by atoms with van der Waals surface area (Å²) < 4.78 is 43.3. The first-order chi connectivity index (χ1) is 8.48. The van der Waals surface area contributed by atoms with E-state index in [-0.39, 0.29) is 5.56 Å². The third-order valence-electron chi connectivity index (χ3n) is 2.54. The smallest absolute Gasteiger partial charge is 0.283 e. The SMILES string of the molecule is O=S(=O)(O)C(F)c1ccc(-c2ccccc2)cc1. The highest BCUT2D eigenvalue weighted by molar-refractivity contribution is 7.85. The molecule has 0 aliphatic heterocycles. The maximum absolute atomic E-state index is 13.3. The quantitative estimate of drug-likeness (QED) is 0.868. The van der Waals surface area contributed by atoms with Crippen molar-refractivity contribution in [2.24, 2.45) is 0 Å². The predicted molar refractivity (Wildman–Crippen MR) is 67.3 cm³/mol. The maximum Gasteiger partial charge on any atom is 0.301 e. The van der Waals surface area contributed by atoms with Crippen molar-refractivity contribution in [1.82, 2.24) is 0 Å². The van der Waals surface area contributed by atoms with Crippen molar-refractivity contribution in [2.45, 2.75) is 5.50 Å². The highest BCUT2D eigenvalue weighted by Gasteiger charge is 2.23. The van der Waals surface area contributed by atoms with Crippen LogP contribution in [0.2, 0.25) is 0 Å². The molecular formula is C13H11FO3S. The minimum absolute atomic E-state index is 0.0859. The van der Waals surface area contributed by atoms with Crippen molar-refractivity contribution >= 4 is 10.1 Å². The molecule has 0 spiro atoms. The minimum atomic E-state index is -4.70. The van der Waals surface area contributed by atoms with Gasteiger partial charge in [0.25, 0.3) is 5.50 Å². The molecule has 0 aromatic heterocycles. The largest absolute Gasteiger partial charge is 0.301 e. The topological polar surface area (TPSA) is 54.4 Å². The summed E-state index contributed by atoms with van der Waals surface area (Å²) in [5, 5.41) is 0. The Kier molecular flexibility index (Phi) is 3.45. The number of hydrogen-bond acceptors (Lipinski definition) is 2. The monoisotopic (exact) mass is 266 g/mol. The summed E-state index contributed by atoms with van der Waals surface area (Å²) in [7, 11) is -4.70. The molecule has 2 aromatic carbocycles. The maximum atomic E-state index is 13.3. The number of rotatable bonds is 3. The molecule has 18 heavy (non-hydrogen) atoms. The minimum Gasteiger partial charge on any atom is -0.283 e. The average Bonchev–Trinajstić information content (AvgIpc) is 2.38. The van der Waals surface area contributed by atoms with Gasteiger partial charge in [-0.25, -0.2) is 4.39 Å². The van der Waals surface area contributed by atoms with Gasteiger partial charge in [-0.1, -0.05) is 54.6 Å². The molecule has 1 unspecified atom stereocenters. The first kappa shape index (κ1) is 12.7. The van der Waals surface area contributed by atoms with Crippen molar-refractivity contribution in [1.29, 1.82) is 0 Å². The van der Waals surface area contributed by atoms with Crippen molar-refractivity contribution in [3.63, 3.8) is 0 Å². The lowest BCUT2D eigenvalue weighted by molar-refractivity contribution is 0.380. The Balaban J connectivity index is 2.32. The van der Waals surface area contributed by atoms with Crippen molar-refractivity contribution < 1.29 is 17.4 Å². The van der Waals surface area contributed by atoms with E-state index < -0.39 is 15.6 Å². The molecule has 0 fully saturated rings. The third-order valence-corrected chi connectivity index (χ3v) is 3.34. The Bertz CT molecular complexity index is 621. The number of alkyl halides is 1. The van der Waals surface area contributed by atoms with Crippen LogP contribution in [0.5, 0.6) is 0 Å². The van der Waals surface area contributed by atoms with Gasteiger partial charge in [-0.05, 0) is 11.1 Å². The lowest BCUT2D eigenvalue weighted by Gasteiger charge is -2.06. The van der Waals surface area contributed by atoms with Gasteiger partial charge >= 0.3 is 10.1 Å². The summed E-state index contributed by atoms with van der Waals surface area (Å²) in [6.07, 6.45) is 0. The van der Waals surface area contributed by atoms with E-state index in [2.05, 4.69) is 0 Å². The lowest BCUT2D eigenvalue weighted by Crippen LogP contribution is -2.06. The van der Waals surface area contributed by atoms with Crippen LogP contribution in [-0.4, -0.2) is 13.0 Å². The van der Waals surface area contributed by atoms with Gasteiger partial charge in [0.05, 0.1) is 0 Å². The van der Waals surface area contributed by atoms with Crippen LogP contribution in [0, 0.1) is 0 Å². The number of halogens is 1. The fraction of sp³-hybridized carbons (Fsp3) is 0.0769. The van der Waals surface area contributed by atoms with Crippen LogP contribution in [0.15, 0.2) is 54.6 Å². The Morgan fingerprint density at radius 1 is 0.889 bits per heavy atom. The zero-order valence-corrected chi connectivity index (χ0v) is 10.1. The molecule has 1 N–H and O–H groups in total. The van der Waals surface area contributed by atoms with Gasteiger partial charge in [-0.2, -0.15) is 8.42 Å². The van der Waals surface area contributed by atoms with E-state index in [4.69, 9.17) is 4.55 Å². The fourth-order valence-electron chi connectivity index (χ4n) is 1.63. The number of benzene rings is 2. The highest BCUT2D eigenvalue weighted by atomic mass is 32.2. The molecule has 2 aromatic rings. The standard InChI is InChI=1S/C13H11FO3S/c14-13(18(15,16)17)12-8-6-11(7-9-12)10-4-2-1-3-5-10/h1-9,13H,(H,15,16,17). The van der Waals surface area contributed by atoms with E-state index in [1.54, 1.807) is 12.1 Å². The average molecular weight is 266 g/mol. The molecule has 0 saturated heterocycles. The molecule has 0 saturated carbocycles. The Morgan fingerprint density at radius 2 is 1.39 bits per heavy atom. The Labute approximate surface area is 105 Å². The summed E-state index contributed by atoms with van der Waals surface area (Å²) in [4.78, 5) is 0. The first-order valence-corrected chi connectivity index (χ1v) is 6.74. The molecule has 94 valence electrons. The van der Waals surface area contributed by atoms with E-state index in [0.717, 1.165) is 11.1 Å². The van der Waals surface area contributed by atoms with Crippen LogP contribution in [0.3, 0.4) is 0 Å². The summed E-state index contributed by atoms with van der Waals surface area (Å²) in [5.74, 6) is 0. The van der Waals surface area contributed by atoms with E-state index in [1.165, 1.54) is 12.1 Å². The van der Waals surface area contributed by atoms with Crippen LogP contribution in [-0.2, 0) is 10.1 Å². The second-order valence-electron chi connectivity index (χ2n) is 3.82. The van der Waals surface area contributed by atoms with Gasteiger partial charge in [-0.3, -0.25) is 4.55 Å². The molecule has 0 aliphatic rings. The molecule has 2 rings (SSSR count). The van der Waals surface area contributed by atoms with Gasteiger partial charge in [0.15, 0.2) is 0 Å². The van der Waals surface area contributed by atoms with Crippen LogP contribution in [0.25, 0.3) is 11.1 Å². The normalized spacial score (nSPS) is 13.2. The summed E-state index contributed by atoms with van der Waals surface area (Å²) in [5.41, 5.74) is -0.687. The van der Waals surface area contributed by atoms with Gasteiger partial charge < -0.3 is 0 Å². The molecule has 3 nitrogen and oxygen atoms in total. The first-order valence-electron chi connectivity index (χ1n) is 5.24. The summed E-state index contributed by atoms with van der Waals surface area (Å²) >= 11 is 0. The van der Waals surface area contributed by atoms with Crippen molar-refractivity contribution in [3.8, 4) is 11.1 Å². The van der Waals surface area contributed by atoms with E-state index in [0.29, 0.717) is 0 Å². The molecule has 0 amide bonds. The van der Waals surface area contributed by atoms with Crippen LogP contribution >= 0.6 is 0 Å². The van der Waals surface area contributed by atoms with E-state index in [9.17, 15) is 12.8 Å². The van der Waals surface area contributed by atoms with Crippen LogP contribution in [0.1, 0.15) is 11.1 Å². The lowest BCUT2D eigenvalue weighted by atomic mass is 10.0. The van der Waals surface area contributed by atoms with Gasteiger partial charge in [0, 0.05) is 5.56 Å².